The van der Waals surface area contributed by atoms with Crippen LogP contribution < -0.4 is 10.6 Å². The summed E-state index contributed by atoms with van der Waals surface area (Å²) in [6.07, 6.45) is 7.83. The minimum atomic E-state index is -3.35. The fourth-order valence-corrected chi connectivity index (χ4v) is 6.84. The molecule has 0 spiro atoms. The van der Waals surface area contributed by atoms with Gasteiger partial charge in [0.05, 0.1) is 16.3 Å². The van der Waals surface area contributed by atoms with Gasteiger partial charge in [-0.3, -0.25) is 9.78 Å². The number of furan rings is 1. The van der Waals surface area contributed by atoms with E-state index in [1.54, 1.807) is 48.8 Å². The molecule has 3 unspecified atom stereocenters. The molecule has 2 aromatic heterocycles. The molecule has 168 valence electrons. The van der Waals surface area contributed by atoms with E-state index in [2.05, 4.69) is 15.6 Å². The van der Waals surface area contributed by atoms with Gasteiger partial charge in [0.2, 0.25) is 0 Å². The molecule has 1 aliphatic heterocycles. The predicted octanol–water partition coefficient (Wildman–Crippen LogP) is 3.45. The Morgan fingerprint density at radius 1 is 1.16 bits per heavy atom. The highest BCUT2D eigenvalue weighted by Gasteiger charge is 2.38. The zero-order valence-corrected chi connectivity index (χ0v) is 18.6. The summed E-state index contributed by atoms with van der Waals surface area (Å²) in [5.41, 5.74) is 1.39. The molecule has 3 atom stereocenters. The molecule has 2 N–H and O–H groups in total. The summed E-state index contributed by atoms with van der Waals surface area (Å²) in [5, 5.41) is 6.87. The Balaban J connectivity index is 1.22. The molecule has 1 aliphatic carbocycles. The van der Waals surface area contributed by atoms with Crippen molar-refractivity contribution in [3.05, 3.63) is 60.1 Å². The summed E-state index contributed by atoms with van der Waals surface area (Å²) >= 11 is 0. The van der Waals surface area contributed by atoms with E-state index in [-0.39, 0.29) is 23.5 Å². The van der Waals surface area contributed by atoms with Gasteiger partial charge in [-0.05, 0) is 74.4 Å². The van der Waals surface area contributed by atoms with E-state index in [1.165, 1.54) is 0 Å². The van der Waals surface area contributed by atoms with Gasteiger partial charge in [0.1, 0.15) is 0 Å². The van der Waals surface area contributed by atoms with Crippen LogP contribution >= 0.6 is 0 Å². The van der Waals surface area contributed by atoms with Gasteiger partial charge in [-0.25, -0.2) is 8.42 Å². The van der Waals surface area contributed by atoms with Gasteiger partial charge in [0, 0.05) is 24.2 Å². The van der Waals surface area contributed by atoms with Gasteiger partial charge in [0.15, 0.2) is 21.2 Å². The van der Waals surface area contributed by atoms with Crippen molar-refractivity contribution in [2.75, 3.05) is 6.54 Å². The second-order valence-electron chi connectivity index (χ2n) is 8.79. The third-order valence-corrected chi connectivity index (χ3v) is 9.02. The number of rotatable bonds is 5. The quantitative estimate of drug-likeness (QED) is 0.614. The number of pyridine rings is 1. The first kappa shape index (κ1) is 21.2. The topological polar surface area (TPSA) is 101 Å². The number of carbonyl (C=O) groups excluding carboxylic acids is 1. The summed E-state index contributed by atoms with van der Waals surface area (Å²) in [6, 6.07) is 10.8. The Labute approximate surface area is 187 Å². The lowest BCUT2D eigenvalue weighted by Gasteiger charge is -2.39. The average molecular weight is 454 g/mol. The SMILES string of the molecule is O=C(NCc1ccc(S(=O)(=O)C2CCC3NCCCC3C2)cc1)c1cc2ccncc2o1. The van der Waals surface area contributed by atoms with Gasteiger partial charge < -0.3 is 15.1 Å². The Hall–Kier alpha value is -2.71. The lowest BCUT2D eigenvalue weighted by Crippen LogP contribution is -2.47. The van der Waals surface area contributed by atoms with Crippen LogP contribution in [0.3, 0.4) is 0 Å². The maximum absolute atomic E-state index is 13.2. The van der Waals surface area contributed by atoms with Crippen molar-refractivity contribution in [3.63, 3.8) is 0 Å². The number of sulfone groups is 1. The second-order valence-corrected chi connectivity index (χ2v) is 11.0. The molecule has 1 saturated heterocycles. The fourth-order valence-electron chi connectivity index (χ4n) is 5.00. The Morgan fingerprint density at radius 2 is 2.00 bits per heavy atom. The molecule has 7 nitrogen and oxygen atoms in total. The van der Waals surface area contributed by atoms with Crippen molar-refractivity contribution >= 4 is 26.7 Å². The highest BCUT2D eigenvalue weighted by atomic mass is 32.2. The first-order valence-electron chi connectivity index (χ1n) is 11.2. The largest absolute Gasteiger partial charge is 0.449 e. The van der Waals surface area contributed by atoms with E-state index in [0.717, 1.165) is 43.2 Å². The van der Waals surface area contributed by atoms with E-state index >= 15 is 0 Å². The lowest BCUT2D eigenvalue weighted by molar-refractivity contribution is 0.0925. The Morgan fingerprint density at radius 3 is 2.81 bits per heavy atom. The summed E-state index contributed by atoms with van der Waals surface area (Å²) in [6.45, 7) is 1.33. The smallest absolute Gasteiger partial charge is 0.287 e. The molecule has 0 radical (unpaired) electrons. The maximum atomic E-state index is 13.2. The summed E-state index contributed by atoms with van der Waals surface area (Å²) in [4.78, 5) is 16.8. The van der Waals surface area contributed by atoms with E-state index in [9.17, 15) is 13.2 Å². The van der Waals surface area contributed by atoms with Crippen molar-refractivity contribution in [2.24, 2.45) is 5.92 Å². The second kappa shape index (κ2) is 8.67. The normalized spacial score (nSPS) is 23.6. The van der Waals surface area contributed by atoms with Gasteiger partial charge in [-0.1, -0.05) is 12.1 Å². The molecule has 3 aromatic rings. The van der Waals surface area contributed by atoms with E-state index in [4.69, 9.17) is 4.42 Å². The minimum absolute atomic E-state index is 0.222. The van der Waals surface area contributed by atoms with E-state index in [0.29, 0.717) is 28.9 Å². The highest BCUT2D eigenvalue weighted by molar-refractivity contribution is 7.92. The monoisotopic (exact) mass is 453 g/mol. The summed E-state index contributed by atoms with van der Waals surface area (Å²) < 4.78 is 31.9. The van der Waals surface area contributed by atoms with Crippen LogP contribution in [0.2, 0.25) is 0 Å². The van der Waals surface area contributed by atoms with Crippen molar-refractivity contribution in [3.8, 4) is 0 Å². The lowest BCUT2D eigenvalue weighted by atomic mass is 9.79. The fraction of sp³-hybridized carbons (Fsp3) is 0.417. The maximum Gasteiger partial charge on any atom is 0.287 e. The predicted molar refractivity (Wildman–Crippen MR) is 121 cm³/mol. The molecule has 1 aromatic carbocycles. The standard InChI is InChI=1S/C24H27N3O4S/c28-24(22-13-18-9-11-25-15-23(18)31-22)27-14-16-3-5-19(6-4-16)32(29,30)20-7-8-21-17(12-20)2-1-10-26-21/h3-6,9,11,13,15,17,20-21,26H,1-2,7-8,10,12,14H2,(H,27,28). The third kappa shape index (κ3) is 4.17. The number of benzene rings is 1. The summed E-state index contributed by atoms with van der Waals surface area (Å²) in [5.74, 6) is 0.358. The first-order valence-corrected chi connectivity index (χ1v) is 12.7. The molecule has 32 heavy (non-hydrogen) atoms. The van der Waals surface area contributed by atoms with Crippen LogP contribution in [0, 0.1) is 5.92 Å². The van der Waals surface area contributed by atoms with Gasteiger partial charge in [0.25, 0.3) is 5.91 Å². The number of piperidine rings is 1. The number of hydrogen-bond acceptors (Lipinski definition) is 6. The number of fused-ring (bicyclic) bond motifs is 2. The molecule has 1 saturated carbocycles. The number of nitrogens with one attached hydrogen (secondary N) is 2. The van der Waals surface area contributed by atoms with Crippen molar-refractivity contribution in [1.82, 2.24) is 15.6 Å². The molecule has 1 amide bonds. The van der Waals surface area contributed by atoms with Crippen molar-refractivity contribution < 1.29 is 17.6 Å². The zero-order chi connectivity index (χ0) is 22.1. The van der Waals surface area contributed by atoms with Crippen molar-refractivity contribution in [2.45, 2.75) is 54.8 Å². The van der Waals surface area contributed by atoms with Crippen molar-refractivity contribution in [1.29, 1.82) is 0 Å². The van der Waals surface area contributed by atoms with Gasteiger partial charge in [-0.2, -0.15) is 0 Å². The van der Waals surface area contributed by atoms with Crippen LogP contribution in [0.5, 0.6) is 0 Å². The van der Waals surface area contributed by atoms with Crippen LogP contribution in [-0.4, -0.2) is 37.1 Å². The number of aromatic nitrogens is 1. The van der Waals surface area contributed by atoms with Crippen LogP contribution in [0.25, 0.3) is 11.0 Å². The molecule has 8 heteroatoms. The van der Waals surface area contributed by atoms with Crippen LogP contribution in [-0.2, 0) is 16.4 Å². The molecular formula is C24H27N3O4S. The van der Waals surface area contributed by atoms with Crippen LogP contribution in [0.15, 0.2) is 58.1 Å². The van der Waals surface area contributed by atoms with E-state index in [1.807, 2.05) is 0 Å². The molecule has 2 aliphatic rings. The van der Waals surface area contributed by atoms with Crippen LogP contribution in [0.1, 0.15) is 48.2 Å². The molecule has 2 fully saturated rings. The highest BCUT2D eigenvalue weighted by Crippen LogP contribution is 2.36. The van der Waals surface area contributed by atoms with Gasteiger partial charge in [-0.15, -0.1) is 0 Å². The Kier molecular flexibility index (Phi) is 5.73. The molecule has 5 rings (SSSR count). The van der Waals surface area contributed by atoms with Gasteiger partial charge >= 0.3 is 0 Å². The third-order valence-electron chi connectivity index (χ3n) is 6.78. The van der Waals surface area contributed by atoms with E-state index < -0.39 is 9.84 Å². The number of amides is 1. The summed E-state index contributed by atoms with van der Waals surface area (Å²) in [7, 11) is -3.35. The molecular weight excluding hydrogens is 426 g/mol. The zero-order valence-electron chi connectivity index (χ0n) is 17.8. The first-order chi connectivity index (χ1) is 15.5. The van der Waals surface area contributed by atoms with Crippen LogP contribution in [0.4, 0.5) is 0 Å². The number of nitrogens with zero attached hydrogens (tertiary/aromatic N) is 1. The molecule has 0 bridgehead atoms. The average Bonchev–Trinajstić information content (AvgIpc) is 3.27. The number of carbonyl (C=O) groups is 1. The minimum Gasteiger partial charge on any atom is -0.449 e. The Bertz CT molecular complexity index is 1190. The molecule has 3 heterocycles. The number of hydrogen-bond donors (Lipinski definition) is 2.